The number of β-amino-alcohol motifs (C(OH)–C–C–N with tert-alkyl or cyclic N) is 1. The first-order valence-electron chi connectivity index (χ1n) is 7.02. The first-order chi connectivity index (χ1) is 7.83. The van der Waals surface area contributed by atoms with E-state index in [0.717, 1.165) is 6.54 Å². The topological polar surface area (TPSA) is 35.5 Å². The highest BCUT2D eigenvalue weighted by molar-refractivity contribution is 4.86. The summed E-state index contributed by atoms with van der Waals surface area (Å²) in [6.07, 6.45) is 3.50. The Kier molecular flexibility index (Phi) is 5.42. The highest BCUT2D eigenvalue weighted by Gasteiger charge is 2.30. The van der Waals surface area contributed by atoms with Crippen LogP contribution >= 0.6 is 0 Å². The van der Waals surface area contributed by atoms with E-state index in [0.29, 0.717) is 18.6 Å². The number of nitrogens with zero attached hydrogens (tertiary/aromatic N) is 1. The lowest BCUT2D eigenvalue weighted by Crippen LogP contribution is -2.47. The van der Waals surface area contributed by atoms with Crippen molar-refractivity contribution in [1.82, 2.24) is 10.2 Å². The van der Waals surface area contributed by atoms with Gasteiger partial charge in [0.1, 0.15) is 0 Å². The molecule has 2 N–H and O–H groups in total. The fraction of sp³-hybridized carbons (Fsp3) is 1.00. The second-order valence-electron chi connectivity index (χ2n) is 6.47. The number of aliphatic hydroxyl groups excluding tert-OH is 1. The van der Waals surface area contributed by atoms with E-state index < -0.39 is 0 Å². The predicted octanol–water partition coefficient (Wildman–Crippen LogP) is 2.00. The minimum Gasteiger partial charge on any atom is -0.390 e. The lowest BCUT2D eigenvalue weighted by molar-refractivity contribution is 0.0810. The molecule has 1 aliphatic rings. The summed E-state index contributed by atoms with van der Waals surface area (Å²) in [5.74, 6) is 0. The molecule has 3 atom stereocenters. The molecule has 1 aliphatic heterocycles. The Hall–Kier alpha value is -0.120. The summed E-state index contributed by atoms with van der Waals surface area (Å²) in [5.41, 5.74) is 0.0851. The van der Waals surface area contributed by atoms with E-state index in [9.17, 15) is 5.11 Å². The van der Waals surface area contributed by atoms with Gasteiger partial charge in [0.25, 0.3) is 0 Å². The third-order valence-corrected chi connectivity index (χ3v) is 3.71. The summed E-state index contributed by atoms with van der Waals surface area (Å²) in [6, 6.07) is 1.30. The van der Waals surface area contributed by atoms with Crippen molar-refractivity contribution >= 4 is 0 Å². The van der Waals surface area contributed by atoms with Crippen molar-refractivity contribution in [3.05, 3.63) is 0 Å². The lowest BCUT2D eigenvalue weighted by atomic mass is 10.1. The SMILES string of the molecule is CCC1CCC(C)N1CC(O)CNC(C)(C)C. The molecule has 0 amide bonds. The maximum Gasteiger partial charge on any atom is 0.0791 e. The second kappa shape index (κ2) is 6.17. The quantitative estimate of drug-likeness (QED) is 0.774. The van der Waals surface area contributed by atoms with Crippen molar-refractivity contribution in [2.45, 2.75) is 77.6 Å². The van der Waals surface area contributed by atoms with Gasteiger partial charge in [0.15, 0.2) is 0 Å². The number of aliphatic hydroxyl groups is 1. The van der Waals surface area contributed by atoms with E-state index in [1.165, 1.54) is 19.3 Å². The van der Waals surface area contributed by atoms with Crippen LogP contribution in [0.3, 0.4) is 0 Å². The normalized spacial score (nSPS) is 28.6. The van der Waals surface area contributed by atoms with Gasteiger partial charge in [0.05, 0.1) is 6.10 Å². The van der Waals surface area contributed by atoms with Gasteiger partial charge in [-0.15, -0.1) is 0 Å². The molecule has 0 spiro atoms. The summed E-state index contributed by atoms with van der Waals surface area (Å²) in [4.78, 5) is 2.48. The van der Waals surface area contributed by atoms with E-state index in [1.807, 2.05) is 0 Å². The number of likely N-dealkylation sites (tertiary alicyclic amines) is 1. The molecule has 0 aromatic rings. The minimum atomic E-state index is -0.260. The van der Waals surface area contributed by atoms with Crippen molar-refractivity contribution in [2.75, 3.05) is 13.1 Å². The van der Waals surface area contributed by atoms with Crippen LogP contribution in [0.25, 0.3) is 0 Å². The molecule has 3 unspecified atom stereocenters. The second-order valence-corrected chi connectivity index (χ2v) is 6.47. The van der Waals surface area contributed by atoms with E-state index in [2.05, 4.69) is 44.8 Å². The molecule has 17 heavy (non-hydrogen) atoms. The third-order valence-electron chi connectivity index (χ3n) is 3.71. The number of hydrogen-bond donors (Lipinski definition) is 2. The summed E-state index contributed by atoms with van der Waals surface area (Å²) in [6.45, 7) is 12.4. The molecule has 1 rings (SSSR count). The van der Waals surface area contributed by atoms with Crippen molar-refractivity contribution in [2.24, 2.45) is 0 Å². The fourth-order valence-corrected chi connectivity index (χ4v) is 2.62. The number of nitrogens with one attached hydrogen (secondary N) is 1. The van der Waals surface area contributed by atoms with E-state index in [4.69, 9.17) is 0 Å². The molecule has 0 saturated carbocycles. The zero-order chi connectivity index (χ0) is 13.1. The Morgan fingerprint density at radius 1 is 1.35 bits per heavy atom. The van der Waals surface area contributed by atoms with Gasteiger partial charge < -0.3 is 10.4 Å². The van der Waals surface area contributed by atoms with Gasteiger partial charge in [-0.1, -0.05) is 6.92 Å². The molecular formula is C14H30N2O. The molecule has 0 aliphatic carbocycles. The average molecular weight is 242 g/mol. The molecule has 102 valence electrons. The smallest absolute Gasteiger partial charge is 0.0791 e. The monoisotopic (exact) mass is 242 g/mol. The molecule has 3 nitrogen and oxygen atoms in total. The maximum absolute atomic E-state index is 10.1. The predicted molar refractivity (Wildman–Crippen MR) is 73.2 cm³/mol. The molecule has 1 saturated heterocycles. The zero-order valence-electron chi connectivity index (χ0n) is 12.2. The highest BCUT2D eigenvalue weighted by Crippen LogP contribution is 2.25. The average Bonchev–Trinajstić information content (AvgIpc) is 2.56. The van der Waals surface area contributed by atoms with Crippen LogP contribution in [0.4, 0.5) is 0 Å². The fourth-order valence-electron chi connectivity index (χ4n) is 2.62. The number of hydrogen-bond acceptors (Lipinski definition) is 3. The molecule has 1 fully saturated rings. The Morgan fingerprint density at radius 3 is 2.53 bits per heavy atom. The van der Waals surface area contributed by atoms with E-state index in [1.54, 1.807) is 0 Å². The van der Waals surface area contributed by atoms with Gasteiger partial charge in [0.2, 0.25) is 0 Å². The van der Waals surface area contributed by atoms with Crippen LogP contribution in [0.1, 0.15) is 53.9 Å². The van der Waals surface area contributed by atoms with Crippen LogP contribution in [0.5, 0.6) is 0 Å². The highest BCUT2D eigenvalue weighted by atomic mass is 16.3. The maximum atomic E-state index is 10.1. The van der Waals surface area contributed by atoms with Gasteiger partial charge in [-0.25, -0.2) is 0 Å². The molecular weight excluding hydrogens is 212 g/mol. The van der Waals surface area contributed by atoms with Crippen LogP contribution in [-0.2, 0) is 0 Å². The zero-order valence-corrected chi connectivity index (χ0v) is 12.2. The van der Waals surface area contributed by atoms with Gasteiger partial charge in [-0.2, -0.15) is 0 Å². The van der Waals surface area contributed by atoms with Gasteiger partial charge >= 0.3 is 0 Å². The molecule has 0 aromatic heterocycles. The molecule has 0 bridgehead atoms. The van der Waals surface area contributed by atoms with Crippen LogP contribution < -0.4 is 5.32 Å². The standard InChI is InChI=1S/C14H30N2O/c1-6-12-8-7-11(2)16(12)10-13(17)9-15-14(3,4)5/h11-13,15,17H,6-10H2,1-5H3. The van der Waals surface area contributed by atoms with Crippen LogP contribution in [0.15, 0.2) is 0 Å². The summed E-state index contributed by atoms with van der Waals surface area (Å²) < 4.78 is 0. The van der Waals surface area contributed by atoms with E-state index in [-0.39, 0.29) is 11.6 Å². The molecule has 3 heteroatoms. The van der Waals surface area contributed by atoms with Crippen molar-refractivity contribution in [3.63, 3.8) is 0 Å². The van der Waals surface area contributed by atoms with Crippen LogP contribution in [0, 0.1) is 0 Å². The first kappa shape index (κ1) is 14.9. The molecule has 0 aromatic carbocycles. The summed E-state index contributed by atoms with van der Waals surface area (Å²) in [7, 11) is 0. The van der Waals surface area contributed by atoms with Crippen LogP contribution in [0.2, 0.25) is 0 Å². The van der Waals surface area contributed by atoms with Crippen molar-refractivity contribution in [1.29, 1.82) is 0 Å². The summed E-state index contributed by atoms with van der Waals surface area (Å²) in [5, 5.41) is 13.5. The first-order valence-corrected chi connectivity index (χ1v) is 7.02. The minimum absolute atomic E-state index is 0.0851. The van der Waals surface area contributed by atoms with Crippen molar-refractivity contribution < 1.29 is 5.11 Å². The Labute approximate surface area is 107 Å². The van der Waals surface area contributed by atoms with Gasteiger partial charge in [0, 0.05) is 30.7 Å². The Morgan fingerprint density at radius 2 is 2.00 bits per heavy atom. The molecule has 0 radical (unpaired) electrons. The molecule has 1 heterocycles. The van der Waals surface area contributed by atoms with Gasteiger partial charge in [-0.3, -0.25) is 4.90 Å². The third kappa shape index (κ3) is 4.94. The largest absolute Gasteiger partial charge is 0.390 e. The Bertz CT molecular complexity index is 225. The van der Waals surface area contributed by atoms with Gasteiger partial charge in [-0.05, 0) is 47.0 Å². The number of rotatable bonds is 5. The van der Waals surface area contributed by atoms with Crippen molar-refractivity contribution in [3.8, 4) is 0 Å². The Balaban J connectivity index is 2.36. The van der Waals surface area contributed by atoms with E-state index >= 15 is 0 Å². The lowest BCUT2D eigenvalue weighted by Gasteiger charge is -2.31. The summed E-state index contributed by atoms with van der Waals surface area (Å²) >= 11 is 0. The van der Waals surface area contributed by atoms with Crippen LogP contribution in [-0.4, -0.2) is 46.8 Å².